The second-order valence-corrected chi connectivity index (χ2v) is 4.12. The Bertz CT molecular complexity index is 357. The molecule has 4 heteroatoms. The first-order valence-electron chi connectivity index (χ1n) is 5.77. The molecule has 86 valence electrons. The second-order valence-electron chi connectivity index (χ2n) is 4.12. The van der Waals surface area contributed by atoms with Crippen molar-refractivity contribution in [2.45, 2.75) is 19.8 Å². The summed E-state index contributed by atoms with van der Waals surface area (Å²) in [5.41, 5.74) is 1.43. The lowest BCUT2D eigenvalue weighted by Crippen LogP contribution is -2.26. The minimum atomic E-state index is -0.0741. The molecular weight excluding hydrogens is 202 g/mol. The summed E-state index contributed by atoms with van der Waals surface area (Å²) in [5, 5.41) is 6.03. The molecular formula is C12H17N3O. The van der Waals surface area contributed by atoms with Crippen LogP contribution in [0, 0.1) is 5.92 Å². The largest absolute Gasteiger partial charge is 0.384 e. The van der Waals surface area contributed by atoms with Gasteiger partial charge in [-0.25, -0.2) is 4.98 Å². The summed E-state index contributed by atoms with van der Waals surface area (Å²) >= 11 is 0. The Morgan fingerprint density at radius 3 is 2.88 bits per heavy atom. The van der Waals surface area contributed by atoms with E-state index in [2.05, 4.69) is 15.6 Å². The van der Waals surface area contributed by atoms with Crippen LogP contribution in [0.5, 0.6) is 0 Å². The fourth-order valence-electron chi connectivity index (χ4n) is 1.49. The van der Waals surface area contributed by atoms with Crippen LogP contribution in [0.15, 0.2) is 18.3 Å². The molecule has 4 nitrogen and oxygen atoms in total. The third kappa shape index (κ3) is 2.95. The smallest absolute Gasteiger partial charge is 0.269 e. The summed E-state index contributed by atoms with van der Waals surface area (Å²) < 4.78 is 0. The van der Waals surface area contributed by atoms with Gasteiger partial charge in [0.25, 0.3) is 5.91 Å². The van der Waals surface area contributed by atoms with Gasteiger partial charge in [0, 0.05) is 13.1 Å². The SMILES string of the molecule is CCNc1ccc(C(=O)NCC2CC2)nc1. The maximum Gasteiger partial charge on any atom is 0.269 e. The Balaban J connectivity index is 1.88. The van der Waals surface area contributed by atoms with E-state index >= 15 is 0 Å². The van der Waals surface area contributed by atoms with Crippen molar-refractivity contribution in [2.24, 2.45) is 5.92 Å². The second kappa shape index (κ2) is 4.96. The molecule has 0 radical (unpaired) electrons. The molecule has 1 amide bonds. The summed E-state index contributed by atoms with van der Waals surface area (Å²) in [7, 11) is 0. The van der Waals surface area contributed by atoms with Gasteiger partial charge in [-0.15, -0.1) is 0 Å². The van der Waals surface area contributed by atoms with Crippen molar-refractivity contribution in [2.75, 3.05) is 18.4 Å². The van der Waals surface area contributed by atoms with Crippen LogP contribution in [0.2, 0.25) is 0 Å². The monoisotopic (exact) mass is 219 g/mol. The number of carbonyl (C=O) groups is 1. The highest BCUT2D eigenvalue weighted by molar-refractivity contribution is 5.92. The highest BCUT2D eigenvalue weighted by Crippen LogP contribution is 2.27. The number of nitrogens with zero attached hydrogens (tertiary/aromatic N) is 1. The number of carbonyl (C=O) groups excluding carboxylic acids is 1. The predicted octanol–water partition coefficient (Wildman–Crippen LogP) is 1.65. The molecule has 0 aromatic carbocycles. The third-order valence-electron chi connectivity index (χ3n) is 2.63. The van der Waals surface area contributed by atoms with E-state index in [1.807, 2.05) is 13.0 Å². The normalized spacial score (nSPS) is 14.6. The van der Waals surface area contributed by atoms with Crippen LogP contribution in [-0.2, 0) is 0 Å². The van der Waals surface area contributed by atoms with Crippen LogP contribution in [0.4, 0.5) is 5.69 Å². The van der Waals surface area contributed by atoms with E-state index in [1.165, 1.54) is 12.8 Å². The van der Waals surface area contributed by atoms with E-state index in [4.69, 9.17) is 0 Å². The summed E-state index contributed by atoms with van der Waals surface area (Å²) in [6.07, 6.45) is 4.18. The molecule has 0 bridgehead atoms. The topological polar surface area (TPSA) is 54.0 Å². The third-order valence-corrected chi connectivity index (χ3v) is 2.63. The fourth-order valence-corrected chi connectivity index (χ4v) is 1.49. The Kier molecular flexibility index (Phi) is 3.39. The van der Waals surface area contributed by atoms with Crippen molar-refractivity contribution >= 4 is 11.6 Å². The molecule has 2 rings (SSSR count). The van der Waals surface area contributed by atoms with E-state index < -0.39 is 0 Å². The lowest BCUT2D eigenvalue weighted by atomic mass is 10.3. The van der Waals surface area contributed by atoms with Gasteiger partial charge < -0.3 is 10.6 Å². The van der Waals surface area contributed by atoms with Gasteiger partial charge >= 0.3 is 0 Å². The number of pyridine rings is 1. The average Bonchev–Trinajstić information content (AvgIpc) is 3.11. The fraction of sp³-hybridized carbons (Fsp3) is 0.500. The van der Waals surface area contributed by atoms with Gasteiger partial charge in [-0.1, -0.05) is 0 Å². The average molecular weight is 219 g/mol. The minimum Gasteiger partial charge on any atom is -0.384 e. The number of hydrogen-bond acceptors (Lipinski definition) is 3. The number of anilines is 1. The lowest BCUT2D eigenvalue weighted by Gasteiger charge is -2.05. The molecule has 0 saturated heterocycles. The van der Waals surface area contributed by atoms with Gasteiger partial charge in [-0.2, -0.15) is 0 Å². The molecule has 16 heavy (non-hydrogen) atoms. The first-order valence-corrected chi connectivity index (χ1v) is 5.77. The number of amides is 1. The molecule has 1 heterocycles. The first kappa shape index (κ1) is 10.9. The number of rotatable bonds is 5. The standard InChI is InChI=1S/C12H17N3O/c1-2-13-10-5-6-11(14-8-10)12(16)15-7-9-3-4-9/h5-6,8-9,13H,2-4,7H2,1H3,(H,15,16). The van der Waals surface area contributed by atoms with Gasteiger partial charge in [-0.05, 0) is 37.8 Å². The Morgan fingerprint density at radius 1 is 1.50 bits per heavy atom. The highest BCUT2D eigenvalue weighted by atomic mass is 16.1. The summed E-state index contributed by atoms with van der Waals surface area (Å²) in [6, 6.07) is 3.63. The molecule has 0 unspecified atom stereocenters. The van der Waals surface area contributed by atoms with E-state index in [1.54, 1.807) is 12.3 Å². The van der Waals surface area contributed by atoms with Crippen molar-refractivity contribution in [3.8, 4) is 0 Å². The molecule has 0 aliphatic heterocycles. The lowest BCUT2D eigenvalue weighted by molar-refractivity contribution is 0.0947. The van der Waals surface area contributed by atoms with Gasteiger partial charge in [0.1, 0.15) is 5.69 Å². The molecule has 1 saturated carbocycles. The van der Waals surface area contributed by atoms with Crippen molar-refractivity contribution in [1.29, 1.82) is 0 Å². The zero-order chi connectivity index (χ0) is 11.4. The molecule has 1 aliphatic carbocycles. The van der Waals surface area contributed by atoms with Crippen LogP contribution in [0.1, 0.15) is 30.3 Å². The summed E-state index contributed by atoms with van der Waals surface area (Å²) in [5.74, 6) is 0.625. The molecule has 0 atom stereocenters. The number of nitrogens with one attached hydrogen (secondary N) is 2. The van der Waals surface area contributed by atoms with E-state index in [0.29, 0.717) is 11.6 Å². The molecule has 1 aromatic heterocycles. The van der Waals surface area contributed by atoms with E-state index in [9.17, 15) is 4.79 Å². The van der Waals surface area contributed by atoms with Crippen LogP contribution in [0.3, 0.4) is 0 Å². The first-order chi connectivity index (χ1) is 7.79. The summed E-state index contributed by atoms with van der Waals surface area (Å²) in [4.78, 5) is 15.8. The maximum absolute atomic E-state index is 11.7. The van der Waals surface area contributed by atoms with Gasteiger partial charge in [0.2, 0.25) is 0 Å². The molecule has 2 N–H and O–H groups in total. The zero-order valence-corrected chi connectivity index (χ0v) is 9.49. The molecule has 0 spiro atoms. The van der Waals surface area contributed by atoms with Crippen molar-refractivity contribution in [3.05, 3.63) is 24.0 Å². The van der Waals surface area contributed by atoms with Gasteiger partial charge in [0.15, 0.2) is 0 Å². The van der Waals surface area contributed by atoms with E-state index in [-0.39, 0.29) is 5.91 Å². The van der Waals surface area contributed by atoms with Gasteiger partial charge in [-0.3, -0.25) is 4.79 Å². The maximum atomic E-state index is 11.7. The Morgan fingerprint density at radius 2 is 2.31 bits per heavy atom. The molecule has 1 aromatic rings. The predicted molar refractivity (Wildman–Crippen MR) is 63.5 cm³/mol. The van der Waals surface area contributed by atoms with Crippen LogP contribution in [-0.4, -0.2) is 24.0 Å². The minimum absolute atomic E-state index is 0.0741. The van der Waals surface area contributed by atoms with E-state index in [0.717, 1.165) is 18.8 Å². The Labute approximate surface area is 95.5 Å². The van der Waals surface area contributed by atoms with Crippen LogP contribution < -0.4 is 10.6 Å². The van der Waals surface area contributed by atoms with Crippen LogP contribution in [0.25, 0.3) is 0 Å². The van der Waals surface area contributed by atoms with Gasteiger partial charge in [0.05, 0.1) is 11.9 Å². The molecule has 1 aliphatic rings. The van der Waals surface area contributed by atoms with Crippen molar-refractivity contribution in [3.63, 3.8) is 0 Å². The van der Waals surface area contributed by atoms with Crippen molar-refractivity contribution in [1.82, 2.24) is 10.3 Å². The molecule has 1 fully saturated rings. The highest BCUT2D eigenvalue weighted by Gasteiger charge is 2.21. The van der Waals surface area contributed by atoms with Crippen LogP contribution >= 0.6 is 0 Å². The number of hydrogen-bond donors (Lipinski definition) is 2. The van der Waals surface area contributed by atoms with Crippen molar-refractivity contribution < 1.29 is 4.79 Å². The Hall–Kier alpha value is -1.58. The number of aromatic nitrogens is 1. The zero-order valence-electron chi connectivity index (χ0n) is 9.49. The quantitative estimate of drug-likeness (QED) is 0.791. The summed E-state index contributed by atoms with van der Waals surface area (Å²) in [6.45, 7) is 3.67.